The predicted molar refractivity (Wildman–Crippen MR) is 296 cm³/mol. The quantitative estimate of drug-likeness (QED) is 0.0931. The number of fused-ring (bicyclic) bond motifs is 2. The van der Waals surface area contributed by atoms with E-state index in [-0.39, 0.29) is 82.7 Å². The monoisotopic (exact) mass is 1180 g/mol. The van der Waals surface area contributed by atoms with Crippen molar-refractivity contribution in [1.82, 2.24) is 0 Å². The van der Waals surface area contributed by atoms with Gasteiger partial charge in [0.15, 0.2) is 30.9 Å². The van der Waals surface area contributed by atoms with Crippen molar-refractivity contribution in [1.29, 1.82) is 0 Å². The molecule has 476 valence electrons. The molecule has 6 rings (SSSR count). The van der Waals surface area contributed by atoms with Crippen LogP contribution in [0.4, 0.5) is 0 Å². The van der Waals surface area contributed by atoms with Crippen LogP contribution in [-0.2, 0) is 56.9 Å². The van der Waals surface area contributed by atoms with Gasteiger partial charge in [-0.3, -0.25) is 4.79 Å². The Hall–Kier alpha value is -1.85. The summed E-state index contributed by atoms with van der Waals surface area (Å²) >= 11 is 0. The summed E-state index contributed by atoms with van der Waals surface area (Å²) in [6, 6.07) is 0. The summed E-state index contributed by atoms with van der Waals surface area (Å²) in [5.41, 5.74) is 0. The average Bonchev–Trinajstić information content (AvgIpc) is 3.25. The van der Waals surface area contributed by atoms with Crippen molar-refractivity contribution in [3.05, 3.63) is 24.3 Å². The van der Waals surface area contributed by atoms with Crippen LogP contribution in [0.2, 0.25) is 0 Å². The zero-order chi connectivity index (χ0) is 60.3. The molecule has 22 nitrogen and oxygen atoms in total. The molecular weight excluding hydrogens is 1070 g/mol. The molecule has 6 aliphatic rings. The van der Waals surface area contributed by atoms with Crippen molar-refractivity contribution in [2.45, 2.75) is 312 Å². The molecular formula is C60H104O22. The lowest BCUT2D eigenvalue weighted by Crippen LogP contribution is -2.55. The first-order valence-electron chi connectivity index (χ1n) is 30.5. The molecule has 10 N–H and O–H groups in total. The third kappa shape index (κ3) is 19.6. The Morgan fingerprint density at radius 2 is 1.29 bits per heavy atom. The van der Waals surface area contributed by atoms with Crippen LogP contribution in [0, 0.1) is 29.6 Å². The average molecular weight is 1180 g/mol. The third-order valence-corrected chi connectivity index (χ3v) is 18.0. The molecule has 2 bridgehead atoms. The van der Waals surface area contributed by atoms with Crippen molar-refractivity contribution in [2.24, 2.45) is 29.6 Å². The largest absolute Gasteiger partial charge is 0.462 e. The first kappa shape index (κ1) is 69.3. The van der Waals surface area contributed by atoms with Crippen LogP contribution in [0.5, 0.6) is 0 Å². The van der Waals surface area contributed by atoms with E-state index in [1.165, 1.54) is 7.11 Å². The Morgan fingerprint density at radius 1 is 0.659 bits per heavy atom. The van der Waals surface area contributed by atoms with Gasteiger partial charge in [-0.2, -0.15) is 0 Å². The van der Waals surface area contributed by atoms with Gasteiger partial charge in [0.2, 0.25) is 0 Å². The summed E-state index contributed by atoms with van der Waals surface area (Å²) in [6.45, 7) is 18.3. The summed E-state index contributed by atoms with van der Waals surface area (Å²) in [7, 11) is 1.50. The van der Waals surface area contributed by atoms with Gasteiger partial charge in [-0.05, 0) is 59.3 Å². The molecule has 0 radical (unpaired) electrons. The van der Waals surface area contributed by atoms with Crippen molar-refractivity contribution >= 4 is 5.97 Å². The van der Waals surface area contributed by atoms with Gasteiger partial charge in [-0.25, -0.2) is 0 Å². The van der Waals surface area contributed by atoms with E-state index in [0.29, 0.717) is 19.3 Å². The number of hydrogen-bond acceptors (Lipinski definition) is 22. The van der Waals surface area contributed by atoms with E-state index >= 15 is 0 Å². The Morgan fingerprint density at radius 3 is 1.95 bits per heavy atom. The number of ether oxygens (including phenoxy) is 11. The van der Waals surface area contributed by atoms with Crippen LogP contribution in [0.1, 0.15) is 159 Å². The van der Waals surface area contributed by atoms with Gasteiger partial charge in [0.1, 0.15) is 24.4 Å². The highest BCUT2D eigenvalue weighted by Crippen LogP contribution is 2.40. The lowest BCUT2D eigenvalue weighted by Gasteiger charge is -2.46. The van der Waals surface area contributed by atoms with Gasteiger partial charge >= 0.3 is 5.97 Å². The van der Waals surface area contributed by atoms with Gasteiger partial charge in [-0.15, -0.1) is 0 Å². The topological polar surface area (TPSA) is 321 Å². The van der Waals surface area contributed by atoms with E-state index in [0.717, 1.165) is 0 Å². The Kier molecular flexibility index (Phi) is 26.9. The molecule has 0 saturated carbocycles. The number of cyclic esters (lactones) is 1. The number of carbonyl (C=O) groups is 1. The molecule has 22 heteroatoms. The molecule has 0 aromatic rings. The standard InChI is InChI=1S/C60H104O22/c1-30(2)21-49(80-52-20-19-47(35(7)73-52)79-53-27-46(66)59(38(10)76-53)81-54-26-45(65)57(69)36(8)74-54)33(5)56(68)32(4)43(63)25-48-31(3)15-12-13-16-39(61)22-41(77-55-28-50(72-11)58(70)37(9)75-55)23-42-24-44(64)34(6)60(71,82-42)29-40(62)17-14-18-51(67)78-48/h12-13,15-16,30-50,52-59,61-66,68-71H,14,17-29H2,1-11H3/b15-12+,16-13+/t31-,32-,33-,34+,35+,36+,37+,38+,39+,40-,41+,42+,43+,44-,45+,46+,47-,48+,49-,50+,52-,53-,54-,55-,56+,57+,58+,59+,60-/m0/s1. The molecule has 0 spiro atoms. The first-order valence-corrected chi connectivity index (χ1v) is 30.5. The molecule has 0 aromatic heterocycles. The normalized spacial score (nSPS) is 45.2. The van der Waals surface area contributed by atoms with Crippen molar-refractivity contribution < 1.29 is 108 Å². The first-order chi connectivity index (χ1) is 38.6. The number of esters is 1. The van der Waals surface area contributed by atoms with Gasteiger partial charge in [0.25, 0.3) is 0 Å². The van der Waals surface area contributed by atoms with E-state index in [9.17, 15) is 55.9 Å². The zero-order valence-electron chi connectivity index (χ0n) is 50.3. The van der Waals surface area contributed by atoms with E-state index in [1.807, 2.05) is 20.8 Å². The second-order valence-electron chi connectivity index (χ2n) is 25.2. The fourth-order valence-electron chi connectivity index (χ4n) is 12.5. The van der Waals surface area contributed by atoms with Gasteiger partial charge in [0.05, 0.1) is 97.7 Å². The smallest absolute Gasteiger partial charge is 0.306 e. The molecule has 6 heterocycles. The van der Waals surface area contributed by atoms with E-state index in [1.54, 1.807) is 58.9 Å². The number of allylic oxidation sites excluding steroid dienone is 2. The highest BCUT2D eigenvalue weighted by molar-refractivity contribution is 5.69. The van der Waals surface area contributed by atoms with E-state index in [4.69, 9.17) is 52.1 Å². The molecule has 5 fully saturated rings. The SMILES string of the molecule is CO[C@@H]1C[C@H](O[C@H]2C[C@@H]3C[C@H](O)[C@@H](C)[C@](O)(C[C@@H](O)CCCC(=O)O[C@H](C[C@@H](O)[C@H](C)[C@@H](O)[C@@H](C)[C@H](CC(C)C)O[C@H]4CC[C@H](O[C@H]5C[C@@H](O)[C@H](O[C@H]6C[C@@H](O)[C@H](O)[C@@H](C)O6)[C@@H](C)O5)[C@@H](C)O4)[C@@H](C)/C=C/C=C/[C@@H](O)C2)O3)O[C@H](C)[C@H]1O. The number of methoxy groups -OCH3 is 1. The van der Waals surface area contributed by atoms with Crippen LogP contribution in [0.3, 0.4) is 0 Å². The van der Waals surface area contributed by atoms with Crippen LogP contribution < -0.4 is 0 Å². The Bertz CT molecular complexity index is 1920. The second kappa shape index (κ2) is 31.9. The number of carbonyl (C=O) groups excluding carboxylic acids is 1. The molecule has 82 heavy (non-hydrogen) atoms. The molecule has 0 amide bonds. The van der Waals surface area contributed by atoms with Crippen LogP contribution in [0.25, 0.3) is 0 Å². The predicted octanol–water partition coefficient (Wildman–Crippen LogP) is 3.56. The van der Waals surface area contributed by atoms with Gasteiger partial charge in [-0.1, -0.05) is 65.8 Å². The van der Waals surface area contributed by atoms with Gasteiger partial charge < -0.3 is 103 Å². The lowest BCUT2D eigenvalue weighted by molar-refractivity contribution is -0.327. The summed E-state index contributed by atoms with van der Waals surface area (Å²) in [4.78, 5) is 13.6. The fourth-order valence-corrected chi connectivity index (χ4v) is 12.5. The van der Waals surface area contributed by atoms with Gasteiger partial charge in [0, 0.05) is 95.0 Å². The number of rotatable bonds is 17. The van der Waals surface area contributed by atoms with Crippen LogP contribution >= 0.6 is 0 Å². The molecule has 0 aliphatic carbocycles. The van der Waals surface area contributed by atoms with E-state index in [2.05, 4.69) is 13.8 Å². The molecule has 5 saturated heterocycles. The number of aliphatic hydroxyl groups is 10. The Labute approximate surface area is 485 Å². The van der Waals surface area contributed by atoms with Crippen molar-refractivity contribution in [3.63, 3.8) is 0 Å². The minimum absolute atomic E-state index is 0.0252. The molecule has 0 unspecified atom stereocenters. The maximum Gasteiger partial charge on any atom is 0.306 e. The molecule has 6 aliphatic heterocycles. The maximum atomic E-state index is 13.6. The van der Waals surface area contributed by atoms with Crippen molar-refractivity contribution in [3.8, 4) is 0 Å². The summed E-state index contributed by atoms with van der Waals surface area (Å²) in [5.74, 6) is -4.70. The summed E-state index contributed by atoms with van der Waals surface area (Å²) in [5, 5.41) is 112. The van der Waals surface area contributed by atoms with Crippen LogP contribution in [0.15, 0.2) is 24.3 Å². The Balaban J connectivity index is 1.07. The summed E-state index contributed by atoms with van der Waals surface area (Å²) in [6.07, 6.45) is -9.73. The highest BCUT2D eigenvalue weighted by Gasteiger charge is 2.49. The van der Waals surface area contributed by atoms with E-state index < -0.39 is 177 Å². The zero-order valence-corrected chi connectivity index (χ0v) is 50.3. The van der Waals surface area contributed by atoms with Crippen molar-refractivity contribution in [2.75, 3.05) is 7.11 Å². The minimum Gasteiger partial charge on any atom is -0.462 e. The molecule has 0 aromatic carbocycles. The van der Waals surface area contributed by atoms with Crippen LogP contribution in [-0.4, -0.2) is 217 Å². The maximum absolute atomic E-state index is 13.6. The molecule has 29 atom stereocenters. The lowest BCUT2D eigenvalue weighted by atomic mass is 9.81. The summed E-state index contributed by atoms with van der Waals surface area (Å²) < 4.78 is 67.6. The minimum atomic E-state index is -1.93. The number of hydrogen-bond donors (Lipinski definition) is 10. The highest BCUT2D eigenvalue weighted by atomic mass is 16.7. The number of aliphatic hydroxyl groups excluding tert-OH is 9. The fraction of sp³-hybridized carbons (Fsp3) is 0.917. The third-order valence-electron chi connectivity index (χ3n) is 18.0. The second-order valence-corrected chi connectivity index (χ2v) is 25.2.